The van der Waals surface area contributed by atoms with Crippen LogP contribution in [0.25, 0.3) is 0 Å². The van der Waals surface area contributed by atoms with Crippen LogP contribution in [0, 0.1) is 0 Å². The van der Waals surface area contributed by atoms with Crippen molar-refractivity contribution in [2.24, 2.45) is 0 Å². The van der Waals surface area contributed by atoms with Crippen molar-refractivity contribution in [3.63, 3.8) is 0 Å². The Kier molecular flexibility index (Phi) is 6.58. The highest BCUT2D eigenvalue weighted by Gasteiger charge is 2.35. The molecule has 0 atom stereocenters. The van der Waals surface area contributed by atoms with Crippen molar-refractivity contribution in [1.82, 2.24) is 15.1 Å². The van der Waals surface area contributed by atoms with E-state index in [2.05, 4.69) is 9.47 Å². The molecule has 0 bridgehead atoms. The molecule has 5 amide bonds. The molecule has 1 aliphatic rings. The third-order valence-corrected chi connectivity index (χ3v) is 3.48. The van der Waals surface area contributed by atoms with Gasteiger partial charge in [0.25, 0.3) is 17.7 Å². The van der Waals surface area contributed by atoms with E-state index in [1.54, 1.807) is 0 Å². The first-order chi connectivity index (χ1) is 13.2. The summed E-state index contributed by atoms with van der Waals surface area (Å²) in [7, 11) is 1.39. The van der Waals surface area contributed by atoms with Crippen molar-refractivity contribution in [2.75, 3.05) is 26.7 Å². The van der Waals surface area contributed by atoms with Crippen LogP contribution in [0.3, 0.4) is 0 Å². The molecule has 28 heavy (non-hydrogen) atoms. The largest absolute Gasteiger partial charge is 0.454 e. The number of urea groups is 1. The molecule has 0 spiro atoms. The van der Waals surface area contributed by atoms with E-state index < -0.39 is 49.5 Å². The van der Waals surface area contributed by atoms with E-state index in [-0.39, 0.29) is 17.9 Å². The van der Waals surface area contributed by atoms with Crippen molar-refractivity contribution in [3.05, 3.63) is 29.8 Å². The first kappa shape index (κ1) is 20.7. The van der Waals surface area contributed by atoms with Crippen molar-refractivity contribution in [3.8, 4) is 5.75 Å². The SMILES string of the molecule is CN1CC(=O)N(CC(=O)OCC(=O)NC(=O)c2ccc(OC(F)F)cc2)C1=O. The minimum Gasteiger partial charge on any atom is -0.454 e. The molecule has 0 unspecified atom stereocenters. The fraction of sp³-hybridized carbons (Fsp3) is 0.312. The first-order valence-corrected chi connectivity index (χ1v) is 7.77. The Morgan fingerprint density at radius 3 is 2.36 bits per heavy atom. The van der Waals surface area contributed by atoms with Crippen LogP contribution in [-0.4, -0.2) is 72.9 Å². The third-order valence-electron chi connectivity index (χ3n) is 3.48. The number of carbonyl (C=O) groups excluding carboxylic acids is 5. The van der Waals surface area contributed by atoms with Gasteiger partial charge in [-0.25, -0.2) is 4.79 Å². The molecule has 2 rings (SSSR count). The fourth-order valence-corrected chi connectivity index (χ4v) is 2.17. The van der Waals surface area contributed by atoms with Crippen LogP contribution in [0.5, 0.6) is 5.75 Å². The standard InChI is InChI=1S/C16H15F2N3O7/c1-20-6-12(23)21(16(20)26)7-13(24)27-8-11(22)19-14(25)9-2-4-10(5-3-9)28-15(17)18/h2-5,15H,6-8H2,1H3,(H,19,22,25). The Labute approximate surface area is 157 Å². The number of nitrogens with one attached hydrogen (secondary N) is 1. The summed E-state index contributed by atoms with van der Waals surface area (Å²) in [5.74, 6) is -3.56. The van der Waals surface area contributed by atoms with E-state index in [0.717, 1.165) is 29.2 Å². The van der Waals surface area contributed by atoms with Crippen LogP contribution in [0.2, 0.25) is 0 Å². The van der Waals surface area contributed by atoms with Gasteiger partial charge in [0.05, 0.1) is 0 Å². The predicted octanol–water partition coefficient (Wildman–Crippen LogP) is -0.0184. The number of esters is 1. The molecule has 0 aromatic heterocycles. The van der Waals surface area contributed by atoms with E-state index in [9.17, 15) is 32.8 Å². The van der Waals surface area contributed by atoms with Gasteiger partial charge in [-0.3, -0.25) is 29.4 Å². The molecule has 1 heterocycles. The van der Waals surface area contributed by atoms with Crippen molar-refractivity contribution >= 4 is 29.7 Å². The zero-order valence-electron chi connectivity index (χ0n) is 14.5. The van der Waals surface area contributed by atoms with Crippen LogP contribution in [-0.2, 0) is 19.1 Å². The number of benzene rings is 1. The second kappa shape index (κ2) is 8.88. The van der Waals surface area contributed by atoms with Crippen LogP contribution < -0.4 is 10.1 Å². The first-order valence-electron chi connectivity index (χ1n) is 7.77. The van der Waals surface area contributed by atoms with Gasteiger partial charge >= 0.3 is 18.6 Å². The van der Waals surface area contributed by atoms with E-state index in [0.29, 0.717) is 4.90 Å². The monoisotopic (exact) mass is 399 g/mol. The lowest BCUT2D eigenvalue weighted by Crippen LogP contribution is -2.39. The maximum Gasteiger partial charge on any atom is 0.387 e. The molecule has 0 radical (unpaired) electrons. The smallest absolute Gasteiger partial charge is 0.387 e. The number of carbonyl (C=O) groups is 5. The average Bonchev–Trinajstić information content (AvgIpc) is 2.86. The highest BCUT2D eigenvalue weighted by atomic mass is 19.3. The molecule has 0 aliphatic carbocycles. The number of rotatable bonds is 7. The normalized spacial score (nSPS) is 13.7. The number of imide groups is 2. The molecule has 1 saturated heterocycles. The lowest BCUT2D eigenvalue weighted by Gasteiger charge is -2.13. The van der Waals surface area contributed by atoms with E-state index in [4.69, 9.17) is 0 Å². The number of likely N-dealkylation sites (N-methyl/N-ethyl adjacent to an activating group) is 1. The molecule has 1 aliphatic heterocycles. The topological polar surface area (TPSA) is 122 Å². The Hall–Kier alpha value is -3.57. The summed E-state index contributed by atoms with van der Waals surface area (Å²) in [4.78, 5) is 60.1. The van der Waals surface area contributed by atoms with E-state index in [1.165, 1.54) is 7.05 Å². The predicted molar refractivity (Wildman–Crippen MR) is 86.2 cm³/mol. The summed E-state index contributed by atoms with van der Waals surface area (Å²) in [6, 6.07) is 3.89. The number of amides is 5. The molecule has 0 saturated carbocycles. The molecule has 12 heteroatoms. The lowest BCUT2D eigenvalue weighted by molar-refractivity contribution is -0.150. The van der Waals surface area contributed by atoms with Crippen LogP contribution in [0.4, 0.5) is 13.6 Å². The second-order valence-corrected chi connectivity index (χ2v) is 5.56. The number of halogens is 2. The lowest BCUT2D eigenvalue weighted by atomic mass is 10.2. The van der Waals surface area contributed by atoms with Gasteiger partial charge in [-0.1, -0.05) is 0 Å². The summed E-state index contributed by atoms with van der Waals surface area (Å²) in [6.45, 7) is -4.65. The molecule has 1 aromatic carbocycles. The van der Waals surface area contributed by atoms with Gasteiger partial charge in [0.1, 0.15) is 18.8 Å². The number of hydrogen-bond donors (Lipinski definition) is 1. The Balaban J connectivity index is 1.78. The Bertz CT molecular complexity index is 798. The Morgan fingerprint density at radius 2 is 1.82 bits per heavy atom. The van der Waals surface area contributed by atoms with Crippen LogP contribution in [0.15, 0.2) is 24.3 Å². The summed E-state index contributed by atoms with van der Waals surface area (Å²) in [5.41, 5.74) is -0.0161. The van der Waals surface area contributed by atoms with Crippen LogP contribution >= 0.6 is 0 Å². The average molecular weight is 399 g/mol. The molecule has 1 aromatic rings. The maximum absolute atomic E-state index is 12.1. The number of alkyl halides is 2. The fourth-order valence-electron chi connectivity index (χ4n) is 2.17. The van der Waals surface area contributed by atoms with Gasteiger partial charge in [-0.05, 0) is 24.3 Å². The highest BCUT2D eigenvalue weighted by Crippen LogP contribution is 2.14. The molecule has 150 valence electrons. The molecular formula is C16H15F2N3O7. The summed E-state index contributed by atoms with van der Waals surface area (Å²) in [5, 5.41) is 1.93. The molecule has 1 fully saturated rings. The maximum atomic E-state index is 12.1. The number of hydrogen-bond acceptors (Lipinski definition) is 7. The minimum absolute atomic E-state index is 0.0161. The third kappa shape index (κ3) is 5.46. The summed E-state index contributed by atoms with van der Waals surface area (Å²) < 4.78 is 32.9. The van der Waals surface area contributed by atoms with Gasteiger partial charge in [0, 0.05) is 12.6 Å². The number of nitrogens with zero attached hydrogens (tertiary/aromatic N) is 2. The quantitative estimate of drug-likeness (QED) is 0.505. The molecule has 1 N–H and O–H groups in total. The van der Waals surface area contributed by atoms with E-state index >= 15 is 0 Å². The van der Waals surface area contributed by atoms with Crippen LogP contribution in [0.1, 0.15) is 10.4 Å². The second-order valence-electron chi connectivity index (χ2n) is 5.56. The van der Waals surface area contributed by atoms with Gasteiger partial charge in [0.2, 0.25) is 0 Å². The summed E-state index contributed by atoms with van der Waals surface area (Å²) in [6.07, 6.45) is 0. The van der Waals surface area contributed by atoms with Gasteiger partial charge < -0.3 is 14.4 Å². The van der Waals surface area contributed by atoms with Gasteiger partial charge in [-0.15, -0.1) is 0 Å². The van der Waals surface area contributed by atoms with Crippen molar-refractivity contribution in [1.29, 1.82) is 0 Å². The van der Waals surface area contributed by atoms with Crippen molar-refractivity contribution < 1.29 is 42.2 Å². The van der Waals surface area contributed by atoms with Gasteiger partial charge in [-0.2, -0.15) is 8.78 Å². The summed E-state index contributed by atoms with van der Waals surface area (Å²) >= 11 is 0. The van der Waals surface area contributed by atoms with Crippen molar-refractivity contribution in [2.45, 2.75) is 6.61 Å². The zero-order chi connectivity index (χ0) is 20.8. The Morgan fingerprint density at radius 1 is 1.18 bits per heavy atom. The highest BCUT2D eigenvalue weighted by molar-refractivity contribution is 6.06. The molecule has 10 nitrogen and oxygen atoms in total. The van der Waals surface area contributed by atoms with Gasteiger partial charge in [0.15, 0.2) is 6.61 Å². The minimum atomic E-state index is -3.01. The molecular weight excluding hydrogens is 384 g/mol. The zero-order valence-corrected chi connectivity index (χ0v) is 14.5. The van der Waals surface area contributed by atoms with E-state index in [1.807, 2.05) is 5.32 Å². The number of ether oxygens (including phenoxy) is 2.